The van der Waals surface area contributed by atoms with Crippen LogP contribution in [0.1, 0.15) is 46.5 Å². The first kappa shape index (κ1) is 18.4. The molecule has 0 fully saturated rings. The predicted octanol–water partition coefficient (Wildman–Crippen LogP) is 1.86. The summed E-state index contributed by atoms with van der Waals surface area (Å²) in [5.41, 5.74) is 0. The van der Waals surface area contributed by atoms with Crippen LogP contribution in [0.25, 0.3) is 0 Å². The maximum atomic E-state index is 11.8. The highest BCUT2D eigenvalue weighted by Gasteiger charge is 2.09. The Bertz CT molecular complexity index is 231. The van der Waals surface area contributed by atoms with Gasteiger partial charge in [-0.1, -0.05) is 26.7 Å². The van der Waals surface area contributed by atoms with Crippen molar-refractivity contribution in [1.82, 2.24) is 15.5 Å². The minimum atomic E-state index is 0.143. The average Bonchev–Trinajstić information content (AvgIpc) is 2.28. The summed E-state index contributed by atoms with van der Waals surface area (Å²) in [5, 5.41) is 6.19. The zero-order chi connectivity index (χ0) is 14.7. The number of carbonyl (C=O) groups is 1. The lowest BCUT2D eigenvalue weighted by Gasteiger charge is -2.19. The van der Waals surface area contributed by atoms with Crippen LogP contribution in [0.2, 0.25) is 0 Å². The molecule has 114 valence electrons. The first-order chi connectivity index (χ1) is 8.95. The predicted molar refractivity (Wildman–Crippen MR) is 82.3 cm³/mol. The van der Waals surface area contributed by atoms with Crippen molar-refractivity contribution in [3.8, 4) is 0 Å². The summed E-state index contributed by atoms with van der Waals surface area (Å²) in [7, 11) is 3.95. The fraction of sp³-hybridized carbons (Fsp3) is 0.933. The number of hydrogen-bond donors (Lipinski definition) is 2. The van der Waals surface area contributed by atoms with Gasteiger partial charge in [-0.05, 0) is 52.9 Å². The monoisotopic (exact) mass is 271 g/mol. The second-order valence-electron chi connectivity index (χ2n) is 5.99. The summed E-state index contributed by atoms with van der Waals surface area (Å²) >= 11 is 0. The van der Waals surface area contributed by atoms with E-state index in [0.717, 1.165) is 31.8 Å². The standard InChI is InChI=1S/C15H33N3O/c1-13(2)8-6-9-14(3)17-15(19)12-18(5)11-7-10-16-4/h13-14,16H,6-12H2,1-5H3,(H,17,19). The number of carbonyl (C=O) groups excluding carboxylic acids is 1. The van der Waals surface area contributed by atoms with E-state index in [2.05, 4.69) is 36.3 Å². The number of nitrogens with one attached hydrogen (secondary N) is 2. The van der Waals surface area contributed by atoms with Gasteiger partial charge in [-0.3, -0.25) is 9.69 Å². The van der Waals surface area contributed by atoms with E-state index in [-0.39, 0.29) is 11.9 Å². The molecule has 4 nitrogen and oxygen atoms in total. The Labute approximate surface area is 119 Å². The highest BCUT2D eigenvalue weighted by molar-refractivity contribution is 5.78. The van der Waals surface area contributed by atoms with E-state index >= 15 is 0 Å². The molecule has 4 heteroatoms. The van der Waals surface area contributed by atoms with Gasteiger partial charge in [-0.25, -0.2) is 0 Å². The normalized spacial score (nSPS) is 13.0. The van der Waals surface area contributed by atoms with Crippen molar-refractivity contribution in [3.05, 3.63) is 0 Å². The van der Waals surface area contributed by atoms with Crippen LogP contribution in [0, 0.1) is 5.92 Å². The molecule has 0 aromatic carbocycles. The number of rotatable bonds is 11. The minimum Gasteiger partial charge on any atom is -0.353 e. The van der Waals surface area contributed by atoms with Crippen molar-refractivity contribution < 1.29 is 4.79 Å². The Morgan fingerprint density at radius 1 is 1.16 bits per heavy atom. The van der Waals surface area contributed by atoms with Crippen molar-refractivity contribution in [1.29, 1.82) is 0 Å². The van der Waals surface area contributed by atoms with Crippen molar-refractivity contribution in [2.24, 2.45) is 5.92 Å². The molecule has 0 saturated carbocycles. The molecule has 0 aliphatic rings. The summed E-state index contributed by atoms with van der Waals surface area (Å²) in [5.74, 6) is 0.894. The summed E-state index contributed by atoms with van der Waals surface area (Å²) < 4.78 is 0. The number of nitrogens with zero attached hydrogens (tertiary/aromatic N) is 1. The fourth-order valence-electron chi connectivity index (χ4n) is 2.07. The summed E-state index contributed by atoms with van der Waals surface area (Å²) in [4.78, 5) is 13.9. The van der Waals surface area contributed by atoms with Gasteiger partial charge in [0, 0.05) is 6.04 Å². The molecule has 0 aromatic rings. The third kappa shape index (κ3) is 12.2. The molecule has 0 rings (SSSR count). The van der Waals surface area contributed by atoms with E-state index in [1.54, 1.807) is 0 Å². The molecule has 0 spiro atoms. The van der Waals surface area contributed by atoms with Crippen molar-refractivity contribution >= 4 is 5.91 Å². The highest BCUT2D eigenvalue weighted by atomic mass is 16.2. The van der Waals surface area contributed by atoms with Crippen LogP contribution in [0.4, 0.5) is 0 Å². The molecule has 0 aromatic heterocycles. The smallest absolute Gasteiger partial charge is 0.234 e. The van der Waals surface area contributed by atoms with Gasteiger partial charge >= 0.3 is 0 Å². The van der Waals surface area contributed by atoms with E-state index in [9.17, 15) is 4.79 Å². The topological polar surface area (TPSA) is 44.4 Å². The van der Waals surface area contributed by atoms with Crippen LogP contribution in [0.15, 0.2) is 0 Å². The first-order valence-corrected chi connectivity index (χ1v) is 7.58. The van der Waals surface area contributed by atoms with E-state index in [1.165, 1.54) is 12.8 Å². The molecule has 0 saturated heterocycles. The molecule has 0 aliphatic heterocycles. The van der Waals surface area contributed by atoms with Crippen LogP contribution in [0.5, 0.6) is 0 Å². The van der Waals surface area contributed by atoms with Crippen molar-refractivity contribution in [2.75, 3.05) is 33.7 Å². The number of amides is 1. The third-order valence-corrected chi connectivity index (χ3v) is 3.21. The zero-order valence-electron chi connectivity index (χ0n) is 13.5. The number of hydrogen-bond acceptors (Lipinski definition) is 3. The van der Waals surface area contributed by atoms with Crippen LogP contribution in [0.3, 0.4) is 0 Å². The molecular formula is C15H33N3O. The van der Waals surface area contributed by atoms with Crippen LogP contribution in [-0.4, -0.2) is 50.6 Å². The van der Waals surface area contributed by atoms with Gasteiger partial charge in [0.15, 0.2) is 0 Å². The molecule has 1 amide bonds. The van der Waals surface area contributed by atoms with E-state index in [4.69, 9.17) is 0 Å². The van der Waals surface area contributed by atoms with Crippen LogP contribution in [-0.2, 0) is 4.79 Å². The van der Waals surface area contributed by atoms with Crippen molar-refractivity contribution in [3.63, 3.8) is 0 Å². The Morgan fingerprint density at radius 2 is 1.84 bits per heavy atom. The van der Waals surface area contributed by atoms with E-state index < -0.39 is 0 Å². The average molecular weight is 271 g/mol. The minimum absolute atomic E-state index is 0.143. The first-order valence-electron chi connectivity index (χ1n) is 7.58. The van der Waals surface area contributed by atoms with Crippen LogP contribution < -0.4 is 10.6 Å². The quantitative estimate of drug-likeness (QED) is 0.564. The molecule has 1 unspecified atom stereocenters. The zero-order valence-corrected chi connectivity index (χ0v) is 13.5. The SMILES string of the molecule is CNCCCN(C)CC(=O)NC(C)CCCC(C)C. The van der Waals surface area contributed by atoms with Gasteiger partial charge in [0.05, 0.1) is 6.54 Å². The Kier molecular flexibility index (Phi) is 10.9. The van der Waals surface area contributed by atoms with Gasteiger partial charge in [-0.15, -0.1) is 0 Å². The lowest BCUT2D eigenvalue weighted by atomic mass is 10.0. The summed E-state index contributed by atoms with van der Waals surface area (Å²) in [6.45, 7) is 9.03. The summed E-state index contributed by atoms with van der Waals surface area (Å²) in [6.07, 6.45) is 4.58. The number of likely N-dealkylation sites (N-methyl/N-ethyl adjacent to an activating group) is 1. The second kappa shape index (κ2) is 11.2. The molecular weight excluding hydrogens is 238 g/mol. The molecule has 0 heterocycles. The Morgan fingerprint density at radius 3 is 2.42 bits per heavy atom. The Balaban J connectivity index is 3.65. The summed E-state index contributed by atoms with van der Waals surface area (Å²) in [6, 6.07) is 0.289. The van der Waals surface area contributed by atoms with Gasteiger partial charge in [0.25, 0.3) is 0 Å². The van der Waals surface area contributed by atoms with E-state index in [0.29, 0.717) is 6.54 Å². The molecule has 0 aliphatic carbocycles. The fourth-order valence-corrected chi connectivity index (χ4v) is 2.07. The molecule has 0 bridgehead atoms. The highest BCUT2D eigenvalue weighted by Crippen LogP contribution is 2.08. The molecule has 0 radical (unpaired) electrons. The molecule has 2 N–H and O–H groups in total. The maximum Gasteiger partial charge on any atom is 0.234 e. The third-order valence-electron chi connectivity index (χ3n) is 3.21. The molecule has 1 atom stereocenters. The van der Waals surface area contributed by atoms with E-state index in [1.807, 2.05) is 14.1 Å². The van der Waals surface area contributed by atoms with Gasteiger partial charge < -0.3 is 10.6 Å². The lowest BCUT2D eigenvalue weighted by Crippen LogP contribution is -2.40. The van der Waals surface area contributed by atoms with Crippen molar-refractivity contribution in [2.45, 2.75) is 52.5 Å². The van der Waals surface area contributed by atoms with Gasteiger partial charge in [-0.2, -0.15) is 0 Å². The largest absolute Gasteiger partial charge is 0.353 e. The molecule has 19 heavy (non-hydrogen) atoms. The second-order valence-corrected chi connectivity index (χ2v) is 5.99. The van der Waals surface area contributed by atoms with Gasteiger partial charge in [0.2, 0.25) is 5.91 Å². The van der Waals surface area contributed by atoms with Gasteiger partial charge in [0.1, 0.15) is 0 Å². The maximum absolute atomic E-state index is 11.8. The lowest BCUT2D eigenvalue weighted by molar-refractivity contribution is -0.122. The van der Waals surface area contributed by atoms with Crippen LogP contribution >= 0.6 is 0 Å². The Hall–Kier alpha value is -0.610.